The first-order valence-electron chi connectivity index (χ1n) is 46.4. The van der Waals surface area contributed by atoms with E-state index in [1.54, 1.807) is 40.7 Å². The Hall–Kier alpha value is -10.2. The average Bonchev–Trinajstić information content (AvgIpc) is 0.768. The van der Waals surface area contributed by atoms with Gasteiger partial charge in [-0.15, -0.1) is 0 Å². The smallest absolute Gasteiger partial charge is 0.253 e. The van der Waals surface area contributed by atoms with E-state index < -0.39 is 54.3 Å². The molecule has 0 unspecified atom stereocenters. The van der Waals surface area contributed by atoms with Crippen molar-refractivity contribution in [3.05, 3.63) is 175 Å². The molecule has 8 rings (SSSR count). The summed E-state index contributed by atoms with van der Waals surface area (Å²) in [4.78, 5) is 194. The van der Waals surface area contributed by atoms with Crippen molar-refractivity contribution >= 4 is 79.6 Å². The standard InChI is InChI=1S/C15H26N2O2.C14H24N2O2.C13H22N2O2.C13H21NO2.2C12H20N2O2.C11H18N2O2.C11H17NO2/c1-7-17(8-2)12-11(13(18)14(12)19)16(6)10-9-15(3,4)5;1-7-15(5)10-11(13(18)12(10)17)16(6)9-8-14(2,3)4;1-13(2,3)7-5-6-8-15(4)10-9(14)11(16)12(10)17;1-13(2,3)8-6-4-5-7-9-10(14)12(16)11(9)15;2*1-12(2,3)6-5-7-14(4)9-8(13)10(15)11(9)16;1-11(2,3)5-6-13(4)8-7(12)9(14)10(8)15;1-11(2,3)6-4-5-7-8(12)10(14)9(7)13/h7-10H2,1-6H3;7-9H2,1-6H3;5-8,14H2,1-4H3;4-8,14H2,1-3H3;2*5-7,13H2,1-4H3;5-6,12H2,1-4H3;4-6,12H2,1-3H3. The lowest BCUT2D eigenvalue weighted by Crippen LogP contribution is -2.45. The Kier molecular flexibility index (Phi) is 44.9. The van der Waals surface area contributed by atoms with Crippen molar-refractivity contribution in [1.29, 1.82) is 0 Å². The first-order valence-corrected chi connectivity index (χ1v) is 46.4. The Bertz CT molecular complexity index is 5500. The van der Waals surface area contributed by atoms with Gasteiger partial charge in [0, 0.05) is 119 Å². The van der Waals surface area contributed by atoms with Crippen LogP contribution in [0.3, 0.4) is 0 Å². The van der Waals surface area contributed by atoms with Crippen LogP contribution in [0.1, 0.15) is 301 Å². The molecule has 0 aromatic heterocycles. The summed E-state index contributed by atoms with van der Waals surface area (Å²) in [5, 5.41) is 0. The van der Waals surface area contributed by atoms with E-state index >= 15 is 0 Å². The molecular weight excluding hydrogens is 1670 g/mol. The van der Waals surface area contributed by atoms with Gasteiger partial charge in [-0.2, -0.15) is 0 Å². The maximum atomic E-state index is 11.8. The van der Waals surface area contributed by atoms with Crippen LogP contribution in [0.2, 0.25) is 0 Å². The zero-order valence-corrected chi connectivity index (χ0v) is 86.7. The summed E-state index contributed by atoms with van der Waals surface area (Å²) in [6.45, 7) is 65.1. The molecule has 0 aliphatic carbocycles. The summed E-state index contributed by atoms with van der Waals surface area (Å²) >= 11 is 0. The third-order valence-electron chi connectivity index (χ3n) is 23.0. The lowest BCUT2D eigenvalue weighted by atomic mass is 9.88. The minimum Gasteiger partial charge on any atom is -0.395 e. The van der Waals surface area contributed by atoms with Crippen molar-refractivity contribution in [2.75, 3.05) is 182 Å². The van der Waals surface area contributed by atoms with Gasteiger partial charge < -0.3 is 73.6 Å². The molecule has 30 nitrogen and oxygen atoms in total. The highest BCUT2D eigenvalue weighted by Gasteiger charge is 2.32. The minimum absolute atomic E-state index is 0.108. The van der Waals surface area contributed by atoms with Gasteiger partial charge in [0.25, 0.3) is 65.1 Å². The summed E-state index contributed by atoms with van der Waals surface area (Å²) in [6.07, 6.45) is 18.0. The molecule has 0 amide bonds. The lowest BCUT2D eigenvalue weighted by molar-refractivity contribution is 0.358. The molecule has 8 aromatic carbocycles. The number of hydrogen-bond acceptors (Lipinski definition) is 30. The van der Waals surface area contributed by atoms with Crippen molar-refractivity contribution in [2.24, 2.45) is 43.3 Å². The van der Waals surface area contributed by atoms with Gasteiger partial charge in [-0.05, 0) is 160 Å². The summed E-state index contributed by atoms with van der Waals surface area (Å²) in [5.41, 5.74) is 33.8. The highest BCUT2D eigenvalue weighted by atomic mass is 16.2. The second-order valence-corrected chi connectivity index (χ2v) is 45.0. The van der Waals surface area contributed by atoms with E-state index in [1.807, 2.05) is 68.6 Å². The fourth-order valence-electron chi connectivity index (χ4n) is 14.1. The predicted molar refractivity (Wildman–Crippen MR) is 556 cm³/mol. The molecule has 131 heavy (non-hydrogen) atoms. The molecule has 0 aliphatic heterocycles. The number of rotatable bonds is 35. The lowest BCUT2D eigenvalue weighted by Gasteiger charge is -2.31. The number of nitrogen functional groups attached to an aromatic ring is 6. The van der Waals surface area contributed by atoms with Gasteiger partial charge in [-0.3, -0.25) is 76.7 Å². The van der Waals surface area contributed by atoms with Gasteiger partial charge in [-0.25, -0.2) is 0 Å². The maximum absolute atomic E-state index is 11.8. The molecule has 0 saturated heterocycles. The maximum Gasteiger partial charge on any atom is 0.253 e. The molecule has 0 atom stereocenters. The van der Waals surface area contributed by atoms with E-state index in [9.17, 15) is 76.7 Å². The summed E-state index contributed by atoms with van der Waals surface area (Å²) < 4.78 is 0. The van der Waals surface area contributed by atoms with Gasteiger partial charge in [-0.1, -0.05) is 185 Å². The van der Waals surface area contributed by atoms with Gasteiger partial charge in [0.1, 0.15) is 68.2 Å². The van der Waals surface area contributed by atoms with E-state index in [-0.39, 0.29) is 88.4 Å². The Labute approximate surface area is 778 Å². The molecular formula is C101H168N14O16. The Morgan fingerprint density at radius 1 is 0.183 bits per heavy atom. The topological polar surface area (TPSA) is 455 Å². The van der Waals surface area contributed by atoms with Crippen LogP contribution in [0.4, 0.5) is 79.6 Å². The van der Waals surface area contributed by atoms with Crippen molar-refractivity contribution in [3.8, 4) is 0 Å². The molecule has 0 radical (unpaired) electrons. The fraction of sp³-hybridized carbons (Fsp3) is 0.683. The molecule has 738 valence electrons. The highest BCUT2D eigenvalue weighted by molar-refractivity contribution is 5.78. The van der Waals surface area contributed by atoms with Crippen LogP contribution in [0, 0.1) is 43.3 Å². The van der Waals surface area contributed by atoms with Crippen LogP contribution in [-0.2, 0) is 12.8 Å². The van der Waals surface area contributed by atoms with Crippen LogP contribution >= 0.6 is 0 Å². The fourth-order valence-corrected chi connectivity index (χ4v) is 14.1. The van der Waals surface area contributed by atoms with Crippen LogP contribution in [0.15, 0.2) is 76.7 Å². The van der Waals surface area contributed by atoms with Crippen LogP contribution in [0.5, 0.6) is 0 Å². The molecule has 12 N–H and O–H groups in total. The number of nitrogens with two attached hydrogens (primary N) is 6. The van der Waals surface area contributed by atoms with Crippen LogP contribution in [0.25, 0.3) is 0 Å². The summed E-state index contributed by atoms with van der Waals surface area (Å²) in [5.74, 6) is 0. The number of hydrogen-bond donors (Lipinski definition) is 6. The van der Waals surface area contributed by atoms with Crippen LogP contribution < -0.4 is 160 Å². The van der Waals surface area contributed by atoms with Crippen LogP contribution in [-0.4, -0.2) is 108 Å². The Balaban J connectivity index is 0.000000750. The number of anilines is 14. The molecule has 0 saturated carbocycles. The van der Waals surface area contributed by atoms with Crippen molar-refractivity contribution in [3.63, 3.8) is 0 Å². The predicted octanol–water partition coefficient (Wildman–Crippen LogP) is 11.4. The van der Waals surface area contributed by atoms with Crippen molar-refractivity contribution in [2.45, 2.75) is 303 Å². The van der Waals surface area contributed by atoms with Gasteiger partial charge in [0.15, 0.2) is 0 Å². The summed E-state index contributed by atoms with van der Waals surface area (Å²) in [7, 11) is 12.8. The average molecular weight is 1830 g/mol. The third-order valence-corrected chi connectivity index (χ3v) is 23.0. The van der Waals surface area contributed by atoms with Crippen molar-refractivity contribution < 1.29 is 0 Å². The zero-order chi connectivity index (χ0) is 102. The molecule has 0 bridgehead atoms. The monoisotopic (exact) mass is 1830 g/mol. The number of unbranched alkanes of at least 4 members (excludes halogenated alkanes) is 3. The van der Waals surface area contributed by atoms with Gasteiger partial charge in [0.2, 0.25) is 21.7 Å². The third kappa shape index (κ3) is 37.1. The molecule has 0 heterocycles. The molecule has 0 fully saturated rings. The normalized spacial score (nSPS) is 12.0. The first kappa shape index (κ1) is 119. The molecule has 0 spiro atoms. The molecule has 0 aliphatic rings. The number of nitrogens with zero attached hydrogens (tertiary/aromatic N) is 8. The van der Waals surface area contributed by atoms with E-state index in [2.05, 4.69) is 166 Å². The second-order valence-electron chi connectivity index (χ2n) is 45.0. The molecule has 8 aromatic rings. The minimum atomic E-state index is -0.549. The van der Waals surface area contributed by atoms with E-state index in [0.29, 0.717) is 91.1 Å². The Morgan fingerprint density at radius 2 is 0.382 bits per heavy atom. The molecule has 30 heteroatoms. The van der Waals surface area contributed by atoms with Gasteiger partial charge >= 0.3 is 0 Å². The highest BCUT2D eigenvalue weighted by Crippen LogP contribution is 2.32. The zero-order valence-electron chi connectivity index (χ0n) is 86.7. The van der Waals surface area contributed by atoms with Crippen molar-refractivity contribution in [1.82, 2.24) is 0 Å². The summed E-state index contributed by atoms with van der Waals surface area (Å²) in [6, 6.07) is 0. The van der Waals surface area contributed by atoms with E-state index in [1.165, 1.54) is 12.8 Å². The van der Waals surface area contributed by atoms with E-state index in [4.69, 9.17) is 34.4 Å². The quantitative estimate of drug-likeness (QED) is 0.0159. The first-order chi connectivity index (χ1) is 59.5. The largest absolute Gasteiger partial charge is 0.395 e. The van der Waals surface area contributed by atoms with Gasteiger partial charge in [0.05, 0.1) is 11.4 Å². The van der Waals surface area contributed by atoms with E-state index in [0.717, 1.165) is 149 Å². The Morgan fingerprint density at radius 3 is 0.634 bits per heavy atom. The SMILES string of the molecule is CC(C)(C)CCCCCc1c(N)c(=O)c1=O.CC(C)(C)CCCc1c(N)c(=O)c1=O.CCN(C)c1c(N(C)CCC(C)(C)C)c(=O)c1=O.CCN(CC)c1c(N(C)CCC(C)(C)C)c(=O)c1=O.CN(CCC(C)(C)C)c1c(N)c(=O)c1=O.CN(CCCC(C)(C)C)c1c(N)c(=O)c1=O.CN(CCCC(C)(C)C)c1c(N)c(=O)c1=O.CN(CCCCC(C)(C)C)c1c(N)c(=O)c1=O. The second kappa shape index (κ2) is 49.5.